The quantitative estimate of drug-likeness (QED) is 0.537. The summed E-state index contributed by atoms with van der Waals surface area (Å²) in [5.41, 5.74) is -0.568. The molecule has 7 nitrogen and oxygen atoms in total. The van der Waals surface area contributed by atoms with Crippen molar-refractivity contribution >= 4 is 24.5 Å². The summed E-state index contributed by atoms with van der Waals surface area (Å²) in [6.45, 7) is 15.2. The van der Waals surface area contributed by atoms with Crippen LogP contribution in [0.15, 0.2) is 0 Å². The van der Waals surface area contributed by atoms with Crippen molar-refractivity contribution in [3.05, 3.63) is 0 Å². The molecular weight excluding hydrogens is 350 g/mol. The minimum Gasteiger partial charge on any atom is -0.444 e. The van der Waals surface area contributed by atoms with Crippen LogP contribution < -0.4 is 5.32 Å². The number of hydrogen-bond acceptors (Lipinski definition) is 6. The van der Waals surface area contributed by atoms with Gasteiger partial charge in [0.15, 0.2) is 0 Å². The largest absolute Gasteiger partial charge is 0.444 e. The summed E-state index contributed by atoms with van der Waals surface area (Å²) < 4.78 is 38.4. The van der Waals surface area contributed by atoms with E-state index in [0.29, 0.717) is 6.17 Å². The first-order valence-electron chi connectivity index (χ1n) is 7.94. The van der Waals surface area contributed by atoms with Gasteiger partial charge in [-0.1, -0.05) is 20.8 Å². The molecule has 144 valence electrons. The zero-order valence-electron chi connectivity index (χ0n) is 16.3. The molecule has 9 heteroatoms. The molecule has 0 radical (unpaired) electrons. The number of hydrogen-bond donors (Lipinski definition) is 1. The molecule has 0 heterocycles. The van der Waals surface area contributed by atoms with Gasteiger partial charge >= 0.3 is 6.09 Å². The highest BCUT2D eigenvalue weighted by atomic mass is 32.2. The van der Waals surface area contributed by atoms with E-state index in [1.165, 1.54) is 0 Å². The minimum absolute atomic E-state index is 0.0516. The molecule has 0 saturated carbocycles. The molecule has 0 saturated heterocycles. The van der Waals surface area contributed by atoms with Gasteiger partial charge in [-0.3, -0.25) is 4.18 Å². The van der Waals surface area contributed by atoms with Gasteiger partial charge in [0.2, 0.25) is 8.32 Å². The van der Waals surface area contributed by atoms with E-state index in [9.17, 15) is 13.2 Å². The second kappa shape index (κ2) is 8.16. The van der Waals surface area contributed by atoms with Crippen molar-refractivity contribution in [2.45, 2.75) is 71.8 Å². The Balaban J connectivity index is 4.88. The third-order valence-electron chi connectivity index (χ3n) is 3.53. The summed E-state index contributed by atoms with van der Waals surface area (Å²) in [4.78, 5) is 11.9. The van der Waals surface area contributed by atoms with Gasteiger partial charge in [-0.05, 0) is 39.3 Å². The maximum atomic E-state index is 11.9. The van der Waals surface area contributed by atoms with Crippen LogP contribution in [0.5, 0.6) is 0 Å². The number of nitrogens with one attached hydrogen (secondary N) is 1. The van der Waals surface area contributed by atoms with Crippen molar-refractivity contribution in [3.8, 4) is 0 Å². The van der Waals surface area contributed by atoms with Crippen LogP contribution in [-0.4, -0.2) is 53.6 Å². The number of alkyl carbamates (subject to hydrolysis) is 1. The molecule has 0 aromatic rings. The van der Waals surface area contributed by atoms with Gasteiger partial charge in [0, 0.05) is 6.17 Å². The average Bonchev–Trinajstić information content (AvgIpc) is 2.29. The van der Waals surface area contributed by atoms with Gasteiger partial charge in [0.25, 0.3) is 10.1 Å². The van der Waals surface area contributed by atoms with E-state index in [4.69, 9.17) is 13.3 Å². The van der Waals surface area contributed by atoms with Crippen LogP contribution in [0.1, 0.15) is 48.5 Å². The van der Waals surface area contributed by atoms with Gasteiger partial charge in [-0.25, -0.2) is 4.79 Å². The molecule has 0 fully saturated rings. The standard InChI is InChI=1S/C15H33NO6SSi/c1-12(10-20-23(8,18)19)22-24(9,15(5,6)7)11-16-13(17)21-14(2,3)4/h12H,10-11H2,1-9H3,(H,16,17)/t12-,24?/m1/s1. The van der Waals surface area contributed by atoms with Gasteiger partial charge in [0.1, 0.15) is 5.60 Å². The summed E-state index contributed by atoms with van der Waals surface area (Å²) in [7, 11) is -5.95. The molecule has 0 aromatic heterocycles. The third-order valence-corrected chi connectivity index (χ3v) is 9.04. The van der Waals surface area contributed by atoms with E-state index in [2.05, 4.69) is 5.32 Å². The molecule has 1 unspecified atom stereocenters. The van der Waals surface area contributed by atoms with Crippen LogP contribution in [0.4, 0.5) is 4.79 Å². The van der Waals surface area contributed by atoms with E-state index in [1.54, 1.807) is 27.7 Å². The lowest BCUT2D eigenvalue weighted by molar-refractivity contribution is 0.0528. The van der Waals surface area contributed by atoms with Crippen molar-refractivity contribution in [1.29, 1.82) is 0 Å². The van der Waals surface area contributed by atoms with Gasteiger partial charge in [-0.2, -0.15) is 8.42 Å². The lowest BCUT2D eigenvalue weighted by Gasteiger charge is -2.41. The summed E-state index contributed by atoms with van der Waals surface area (Å²) in [5.74, 6) is 0. The smallest absolute Gasteiger partial charge is 0.407 e. The first kappa shape index (κ1) is 23.4. The highest BCUT2D eigenvalue weighted by molar-refractivity contribution is 7.85. The van der Waals surface area contributed by atoms with Crippen LogP contribution in [-0.2, 0) is 23.5 Å². The Morgan fingerprint density at radius 2 is 1.67 bits per heavy atom. The first-order chi connectivity index (χ1) is 10.5. The maximum absolute atomic E-state index is 11.9. The predicted molar refractivity (Wildman–Crippen MR) is 96.9 cm³/mol. The molecule has 2 atom stereocenters. The van der Waals surface area contributed by atoms with Gasteiger partial charge in [0.05, 0.1) is 19.0 Å². The minimum atomic E-state index is -3.51. The number of carbonyl (C=O) groups excluding carboxylic acids is 1. The van der Waals surface area contributed by atoms with Gasteiger partial charge < -0.3 is 14.5 Å². The molecule has 24 heavy (non-hydrogen) atoms. The zero-order valence-corrected chi connectivity index (χ0v) is 18.2. The molecule has 0 spiro atoms. The molecule has 0 aliphatic carbocycles. The van der Waals surface area contributed by atoms with E-state index < -0.39 is 36.2 Å². The Hall–Kier alpha value is -0.643. The van der Waals surface area contributed by atoms with Crippen LogP contribution in [0.3, 0.4) is 0 Å². The Labute approximate surface area is 147 Å². The molecule has 0 aromatic carbocycles. The van der Waals surface area contributed by atoms with E-state index in [1.807, 2.05) is 27.3 Å². The summed E-state index contributed by atoms with van der Waals surface area (Å²) in [6.07, 6.45) is 0.462. The summed E-state index contributed by atoms with van der Waals surface area (Å²) in [6, 6.07) is 0. The Kier molecular flexibility index (Phi) is 7.94. The van der Waals surface area contributed by atoms with Crippen LogP contribution in [0.2, 0.25) is 11.6 Å². The number of ether oxygens (including phenoxy) is 1. The van der Waals surface area contributed by atoms with E-state index >= 15 is 0 Å². The molecule has 1 amide bonds. The SMILES string of the molecule is C[C@H](COS(C)(=O)=O)O[Si](C)(CNC(=O)OC(C)(C)C)C(C)(C)C. The van der Waals surface area contributed by atoms with Crippen LogP contribution in [0, 0.1) is 0 Å². The van der Waals surface area contributed by atoms with Crippen molar-refractivity contribution in [2.24, 2.45) is 0 Å². The zero-order chi connectivity index (χ0) is 19.4. The second-order valence-corrected chi connectivity index (χ2v) is 14.4. The normalized spacial score (nSPS) is 17.0. The molecule has 0 aliphatic rings. The Bertz CT molecular complexity index is 523. The monoisotopic (exact) mass is 383 g/mol. The maximum Gasteiger partial charge on any atom is 0.407 e. The number of carbonyl (C=O) groups is 1. The molecule has 1 N–H and O–H groups in total. The topological polar surface area (TPSA) is 90.9 Å². The van der Waals surface area contributed by atoms with Crippen molar-refractivity contribution in [2.75, 3.05) is 19.0 Å². The molecule has 0 rings (SSSR count). The fourth-order valence-corrected chi connectivity index (χ4v) is 4.58. The highest BCUT2D eigenvalue weighted by Gasteiger charge is 2.44. The summed E-state index contributed by atoms with van der Waals surface area (Å²) >= 11 is 0. The highest BCUT2D eigenvalue weighted by Crippen LogP contribution is 2.37. The number of rotatable bonds is 7. The summed E-state index contributed by atoms with van der Waals surface area (Å²) in [5, 5.41) is 2.60. The third kappa shape index (κ3) is 9.60. The average molecular weight is 384 g/mol. The van der Waals surface area contributed by atoms with Crippen LogP contribution in [0.25, 0.3) is 0 Å². The second-order valence-electron chi connectivity index (χ2n) is 8.25. The fourth-order valence-electron chi connectivity index (χ4n) is 1.74. The van der Waals surface area contributed by atoms with Crippen LogP contribution >= 0.6 is 0 Å². The van der Waals surface area contributed by atoms with E-state index in [0.717, 1.165) is 6.26 Å². The van der Waals surface area contributed by atoms with Crippen molar-refractivity contribution in [1.82, 2.24) is 5.32 Å². The van der Waals surface area contributed by atoms with E-state index in [-0.39, 0.29) is 11.6 Å². The first-order valence-corrected chi connectivity index (χ1v) is 12.4. The molecule has 0 aliphatic heterocycles. The lowest BCUT2D eigenvalue weighted by Crippen LogP contribution is -2.56. The Morgan fingerprint density at radius 3 is 2.04 bits per heavy atom. The molecular formula is C15H33NO6SSi. The number of amides is 1. The van der Waals surface area contributed by atoms with Gasteiger partial charge in [-0.15, -0.1) is 0 Å². The Morgan fingerprint density at radius 1 is 1.17 bits per heavy atom. The van der Waals surface area contributed by atoms with Crippen molar-refractivity contribution < 1.29 is 26.6 Å². The fraction of sp³-hybridized carbons (Fsp3) is 0.933. The lowest BCUT2D eigenvalue weighted by atomic mass is 10.2. The molecule has 0 bridgehead atoms. The van der Waals surface area contributed by atoms with Crippen molar-refractivity contribution in [3.63, 3.8) is 0 Å². The predicted octanol–water partition coefficient (Wildman–Crippen LogP) is 2.81.